The quantitative estimate of drug-likeness (QED) is 0.708. The van der Waals surface area contributed by atoms with Gasteiger partial charge in [-0.05, 0) is 32.4 Å². The highest BCUT2D eigenvalue weighted by molar-refractivity contribution is 5.84. The average molecular weight is 278 g/mol. The van der Waals surface area contributed by atoms with Gasteiger partial charge in [-0.3, -0.25) is 9.59 Å². The first-order valence-electron chi connectivity index (χ1n) is 6.82. The van der Waals surface area contributed by atoms with E-state index in [-0.39, 0.29) is 24.4 Å². The minimum absolute atomic E-state index is 0.0244. The van der Waals surface area contributed by atoms with Gasteiger partial charge in [-0.15, -0.1) is 0 Å². The molecule has 0 aliphatic heterocycles. The third-order valence-corrected chi connectivity index (χ3v) is 2.46. The maximum Gasteiger partial charge on any atom is 0.239 e. The van der Waals surface area contributed by atoms with E-state index in [0.29, 0.717) is 19.4 Å². The fourth-order valence-electron chi connectivity index (χ4n) is 1.58. The van der Waals surface area contributed by atoms with E-state index in [4.69, 9.17) is 4.74 Å². The van der Waals surface area contributed by atoms with Crippen molar-refractivity contribution < 1.29 is 14.3 Å². The van der Waals surface area contributed by atoms with Gasteiger partial charge in [0.05, 0.1) is 13.2 Å². The van der Waals surface area contributed by atoms with Gasteiger partial charge in [0.2, 0.25) is 11.8 Å². The molecule has 0 spiro atoms. The molecule has 0 bridgehead atoms. The van der Waals surface area contributed by atoms with Gasteiger partial charge in [-0.25, -0.2) is 0 Å². The fraction of sp³-hybridized carbons (Fsp3) is 0.467. The minimum atomic E-state index is -0.172. The number of hydrogen-bond donors (Lipinski definition) is 2. The number of ether oxygens (including phenoxy) is 1. The summed E-state index contributed by atoms with van der Waals surface area (Å²) in [6.45, 7) is 4.26. The van der Waals surface area contributed by atoms with Crippen molar-refractivity contribution in [1.82, 2.24) is 10.6 Å². The zero-order chi connectivity index (χ0) is 14.8. The number of carbonyl (C=O) groups excluding carboxylic acids is 2. The molecule has 5 nitrogen and oxygen atoms in total. The molecule has 2 N–H and O–H groups in total. The fourth-order valence-corrected chi connectivity index (χ4v) is 1.58. The van der Waals surface area contributed by atoms with Crippen molar-refractivity contribution in [3.63, 3.8) is 0 Å². The van der Waals surface area contributed by atoms with Crippen LogP contribution in [0.3, 0.4) is 0 Å². The number of nitrogens with one attached hydrogen (secondary N) is 2. The van der Waals surface area contributed by atoms with Gasteiger partial charge in [0.1, 0.15) is 5.75 Å². The van der Waals surface area contributed by atoms with Gasteiger partial charge in [-0.2, -0.15) is 0 Å². The van der Waals surface area contributed by atoms with Crippen LogP contribution in [0.1, 0.15) is 26.7 Å². The highest BCUT2D eigenvalue weighted by atomic mass is 16.5. The molecule has 0 fully saturated rings. The van der Waals surface area contributed by atoms with Crippen molar-refractivity contribution in [2.75, 3.05) is 13.2 Å². The van der Waals surface area contributed by atoms with Gasteiger partial charge in [0.25, 0.3) is 0 Å². The Bertz CT molecular complexity index is 418. The van der Waals surface area contributed by atoms with Crippen molar-refractivity contribution in [3.05, 3.63) is 30.3 Å². The third-order valence-electron chi connectivity index (χ3n) is 2.46. The van der Waals surface area contributed by atoms with E-state index < -0.39 is 0 Å². The number of amides is 2. The molecule has 0 heterocycles. The molecule has 0 saturated heterocycles. The zero-order valence-corrected chi connectivity index (χ0v) is 12.0. The van der Waals surface area contributed by atoms with Crippen LogP contribution in [-0.2, 0) is 9.59 Å². The lowest BCUT2D eigenvalue weighted by Gasteiger charge is -2.09. The highest BCUT2D eigenvalue weighted by Crippen LogP contribution is 2.08. The van der Waals surface area contributed by atoms with Crippen LogP contribution in [0.2, 0.25) is 0 Å². The van der Waals surface area contributed by atoms with E-state index >= 15 is 0 Å². The van der Waals surface area contributed by atoms with Crippen LogP contribution < -0.4 is 15.4 Å². The largest absolute Gasteiger partial charge is 0.494 e. The van der Waals surface area contributed by atoms with Crippen LogP contribution in [0, 0.1) is 0 Å². The number of rotatable bonds is 8. The monoisotopic (exact) mass is 278 g/mol. The Balaban J connectivity index is 2.07. The summed E-state index contributed by atoms with van der Waals surface area (Å²) in [5.74, 6) is 0.485. The Labute approximate surface area is 119 Å². The van der Waals surface area contributed by atoms with Gasteiger partial charge < -0.3 is 15.4 Å². The van der Waals surface area contributed by atoms with Gasteiger partial charge in [-0.1, -0.05) is 18.2 Å². The number of hydrogen-bond acceptors (Lipinski definition) is 3. The molecule has 0 radical (unpaired) electrons. The normalized spacial score (nSPS) is 10.2. The maximum absolute atomic E-state index is 11.5. The predicted octanol–water partition coefficient (Wildman–Crippen LogP) is 1.49. The first-order chi connectivity index (χ1) is 9.58. The zero-order valence-electron chi connectivity index (χ0n) is 12.0. The molecule has 2 amide bonds. The first-order valence-corrected chi connectivity index (χ1v) is 6.82. The lowest BCUT2D eigenvalue weighted by Crippen LogP contribution is -2.39. The Kier molecular flexibility index (Phi) is 7.17. The Morgan fingerprint density at radius 2 is 1.85 bits per heavy atom. The number of para-hydroxylation sites is 1. The molecule has 20 heavy (non-hydrogen) atoms. The third kappa shape index (κ3) is 7.41. The summed E-state index contributed by atoms with van der Waals surface area (Å²) in [5.41, 5.74) is 0. The summed E-state index contributed by atoms with van der Waals surface area (Å²) in [6.07, 6.45) is 0.967. The van der Waals surface area contributed by atoms with Crippen LogP contribution in [0.5, 0.6) is 5.75 Å². The Morgan fingerprint density at radius 1 is 1.15 bits per heavy atom. The summed E-state index contributed by atoms with van der Waals surface area (Å²) >= 11 is 0. The minimum Gasteiger partial charge on any atom is -0.494 e. The molecule has 1 aromatic rings. The summed E-state index contributed by atoms with van der Waals surface area (Å²) < 4.78 is 5.48. The van der Waals surface area contributed by atoms with Crippen LogP contribution in [-0.4, -0.2) is 31.0 Å². The van der Waals surface area contributed by atoms with Crippen LogP contribution >= 0.6 is 0 Å². The van der Waals surface area contributed by atoms with Crippen LogP contribution in [0.4, 0.5) is 0 Å². The van der Waals surface area contributed by atoms with Crippen molar-refractivity contribution in [1.29, 1.82) is 0 Å². The van der Waals surface area contributed by atoms with Crippen molar-refractivity contribution in [2.45, 2.75) is 32.7 Å². The molecule has 1 rings (SSSR count). The van der Waals surface area contributed by atoms with Gasteiger partial charge >= 0.3 is 0 Å². The second-order valence-electron chi connectivity index (χ2n) is 4.76. The molecule has 1 aromatic carbocycles. The first kappa shape index (κ1) is 16.0. The molecule has 110 valence electrons. The summed E-state index contributed by atoms with van der Waals surface area (Å²) in [6, 6.07) is 9.54. The maximum atomic E-state index is 11.5. The van der Waals surface area contributed by atoms with E-state index in [1.165, 1.54) is 0 Å². The van der Waals surface area contributed by atoms with E-state index in [1.807, 2.05) is 44.2 Å². The molecular formula is C15H22N2O3. The second-order valence-corrected chi connectivity index (χ2v) is 4.76. The topological polar surface area (TPSA) is 67.4 Å². The predicted molar refractivity (Wildman–Crippen MR) is 77.5 cm³/mol. The van der Waals surface area contributed by atoms with Crippen molar-refractivity contribution >= 4 is 11.8 Å². The molecule has 0 aromatic heterocycles. The Hall–Kier alpha value is -2.04. The van der Waals surface area contributed by atoms with E-state index in [1.54, 1.807) is 0 Å². The lowest BCUT2D eigenvalue weighted by atomic mass is 10.3. The van der Waals surface area contributed by atoms with Gasteiger partial charge in [0, 0.05) is 12.5 Å². The highest BCUT2D eigenvalue weighted by Gasteiger charge is 2.06. The second kappa shape index (κ2) is 8.96. The van der Waals surface area contributed by atoms with Crippen LogP contribution in [0.25, 0.3) is 0 Å². The van der Waals surface area contributed by atoms with E-state index in [2.05, 4.69) is 10.6 Å². The molecule has 0 aliphatic carbocycles. The van der Waals surface area contributed by atoms with Crippen LogP contribution in [0.15, 0.2) is 30.3 Å². The summed E-state index contributed by atoms with van der Waals surface area (Å²) in [4.78, 5) is 22.8. The number of benzene rings is 1. The van der Waals surface area contributed by atoms with E-state index in [9.17, 15) is 9.59 Å². The molecule has 0 unspecified atom stereocenters. The smallest absolute Gasteiger partial charge is 0.239 e. The summed E-state index contributed by atoms with van der Waals surface area (Å²) in [7, 11) is 0. The van der Waals surface area contributed by atoms with Gasteiger partial charge in [0.15, 0.2) is 0 Å². The van der Waals surface area contributed by atoms with E-state index in [0.717, 1.165) is 5.75 Å². The molecular weight excluding hydrogens is 256 g/mol. The standard InChI is InChI=1S/C15H22N2O3/c1-12(2)17-15(19)11-16-14(18)9-6-10-20-13-7-4-3-5-8-13/h3-5,7-8,12H,6,9-11H2,1-2H3,(H,16,18)(H,17,19). The van der Waals surface area contributed by atoms with Crippen molar-refractivity contribution in [3.8, 4) is 5.75 Å². The average Bonchev–Trinajstić information content (AvgIpc) is 2.42. The molecule has 0 atom stereocenters. The summed E-state index contributed by atoms with van der Waals surface area (Å²) in [5, 5.41) is 5.29. The molecule has 5 heteroatoms. The van der Waals surface area contributed by atoms with Crippen molar-refractivity contribution in [2.24, 2.45) is 0 Å². The lowest BCUT2D eigenvalue weighted by molar-refractivity contribution is -0.126. The molecule has 0 saturated carbocycles. The number of carbonyl (C=O) groups is 2. The molecule has 0 aliphatic rings. The SMILES string of the molecule is CC(C)NC(=O)CNC(=O)CCCOc1ccccc1. The Morgan fingerprint density at radius 3 is 2.50 bits per heavy atom.